The average Bonchev–Trinajstić information content (AvgIpc) is 2.60. The van der Waals surface area contributed by atoms with Crippen molar-refractivity contribution in [1.29, 1.82) is 0 Å². The second-order valence-electron chi connectivity index (χ2n) is 1.77. The third-order valence-electron chi connectivity index (χ3n) is 1.15. The van der Waals surface area contributed by atoms with Crippen LogP contribution in [0.25, 0.3) is 11.1 Å². The van der Waals surface area contributed by atoms with E-state index >= 15 is 0 Å². The van der Waals surface area contributed by atoms with E-state index in [0.717, 1.165) is 0 Å². The molecule has 0 nitrogen and oxygen atoms in total. The first-order valence-corrected chi connectivity index (χ1v) is 2.70. The lowest BCUT2D eigenvalue weighted by Crippen LogP contribution is -1.23. The van der Waals surface area contributed by atoms with Gasteiger partial charge in [0.05, 0.1) is 0 Å². The minimum atomic E-state index is 0.514. The summed E-state index contributed by atoms with van der Waals surface area (Å²) in [6, 6.07) is 8.48. The minimum Gasteiger partial charge on any atom is -0.141 e. The Kier molecular flexibility index (Phi) is 2.01. The van der Waals surface area contributed by atoms with Crippen LogP contribution in [0.4, 0.5) is 8.78 Å². The van der Waals surface area contributed by atoms with Crippen LogP contribution in [0, 0.1) is 12.3 Å². The van der Waals surface area contributed by atoms with E-state index in [1.165, 1.54) is 11.1 Å². The Hall–Kier alpha value is -1.36. The summed E-state index contributed by atoms with van der Waals surface area (Å²) in [5.41, 5.74) is 2.85. The molecule has 2 aliphatic carbocycles. The Morgan fingerprint density at radius 1 is 1.00 bits per heavy atom. The summed E-state index contributed by atoms with van der Waals surface area (Å²) >= 11 is 0. The van der Waals surface area contributed by atoms with Crippen LogP contribution in [0.3, 0.4) is 0 Å². The van der Waals surface area contributed by atoms with Crippen LogP contribution in [0.5, 0.6) is 0 Å². The van der Waals surface area contributed by atoms with Gasteiger partial charge in [-0.2, -0.15) is 0 Å². The maximum atomic E-state index is 9.99. The van der Waals surface area contributed by atoms with Crippen molar-refractivity contribution < 1.29 is 8.78 Å². The SMILES string of the molecule is FC#CF.c1cc2cc-2c1. The lowest BCUT2D eigenvalue weighted by atomic mass is 10.6. The first kappa shape index (κ1) is 6.76. The summed E-state index contributed by atoms with van der Waals surface area (Å²) in [6.07, 6.45) is 1.03. The second-order valence-corrected chi connectivity index (χ2v) is 1.77. The smallest absolute Gasteiger partial charge is 0.141 e. The number of benzene rings is 1. The molecular weight excluding hydrogens is 134 g/mol. The van der Waals surface area contributed by atoms with Gasteiger partial charge in [-0.15, -0.1) is 8.78 Å². The van der Waals surface area contributed by atoms with Crippen molar-refractivity contribution in [3.05, 3.63) is 24.3 Å². The maximum absolute atomic E-state index is 9.99. The number of hydrogen-bond donors (Lipinski definition) is 0. The molecule has 2 heteroatoms. The van der Waals surface area contributed by atoms with Gasteiger partial charge in [-0.25, -0.2) is 0 Å². The molecule has 0 spiro atoms. The van der Waals surface area contributed by atoms with Gasteiger partial charge in [0.25, 0.3) is 0 Å². The molecule has 0 radical (unpaired) electrons. The van der Waals surface area contributed by atoms with E-state index in [-0.39, 0.29) is 0 Å². The molecule has 2 aliphatic rings. The number of rotatable bonds is 0. The molecule has 0 fully saturated rings. The summed E-state index contributed by atoms with van der Waals surface area (Å²) in [5.74, 6) is 0. The minimum absolute atomic E-state index is 0.514. The van der Waals surface area contributed by atoms with E-state index in [9.17, 15) is 8.78 Å². The van der Waals surface area contributed by atoms with Crippen molar-refractivity contribution in [3.8, 4) is 23.5 Å². The Labute approximate surface area is 57.5 Å². The number of halogens is 2. The Balaban J connectivity index is 0.000000112. The molecule has 0 aromatic rings. The van der Waals surface area contributed by atoms with Gasteiger partial charge in [-0.05, 0) is 17.2 Å². The van der Waals surface area contributed by atoms with Gasteiger partial charge in [-0.1, -0.05) is 18.2 Å². The predicted octanol–water partition coefficient (Wildman–Crippen LogP) is 2.51. The van der Waals surface area contributed by atoms with E-state index in [1.54, 1.807) is 0 Å². The van der Waals surface area contributed by atoms with Gasteiger partial charge in [-0.3, -0.25) is 0 Å². The zero-order valence-electron chi connectivity index (χ0n) is 5.07. The first-order valence-electron chi connectivity index (χ1n) is 2.70. The van der Waals surface area contributed by atoms with Gasteiger partial charge in [0.2, 0.25) is 0 Å². The molecule has 0 N–H and O–H groups in total. The molecule has 0 aromatic carbocycles. The molecule has 0 saturated carbocycles. The monoisotopic (exact) mass is 138 g/mol. The summed E-state index contributed by atoms with van der Waals surface area (Å²) in [4.78, 5) is 0. The molecule has 0 atom stereocenters. The van der Waals surface area contributed by atoms with Crippen LogP contribution in [0.1, 0.15) is 0 Å². The largest absolute Gasteiger partial charge is 0.141 e. The van der Waals surface area contributed by atoms with Crippen LogP contribution in [-0.4, -0.2) is 0 Å². The number of fused-ring (bicyclic) bond motifs is 1. The van der Waals surface area contributed by atoms with Gasteiger partial charge in [0.15, 0.2) is 0 Å². The van der Waals surface area contributed by atoms with E-state index < -0.39 is 0 Å². The summed E-state index contributed by atoms with van der Waals surface area (Å²) in [6.45, 7) is 0. The highest BCUT2D eigenvalue weighted by molar-refractivity contribution is 5.80. The predicted molar refractivity (Wildman–Crippen MR) is 35.4 cm³/mol. The third kappa shape index (κ3) is 1.56. The van der Waals surface area contributed by atoms with Gasteiger partial charge in [0.1, 0.15) is 12.3 Å². The third-order valence-corrected chi connectivity index (χ3v) is 1.15. The van der Waals surface area contributed by atoms with Crippen molar-refractivity contribution in [2.24, 2.45) is 0 Å². The van der Waals surface area contributed by atoms with Crippen LogP contribution in [0.15, 0.2) is 24.3 Å². The van der Waals surface area contributed by atoms with Gasteiger partial charge in [0, 0.05) is 0 Å². The van der Waals surface area contributed by atoms with Crippen LogP contribution >= 0.6 is 0 Å². The standard InChI is InChI=1S/C6H4.C2F2/c1-2-5-4-6(5)3-1;3-1-2-4/h1-4H;. The second kappa shape index (κ2) is 2.98. The zero-order chi connectivity index (χ0) is 7.40. The highest BCUT2D eigenvalue weighted by Crippen LogP contribution is 2.32. The zero-order valence-corrected chi connectivity index (χ0v) is 5.07. The van der Waals surface area contributed by atoms with Crippen molar-refractivity contribution in [2.75, 3.05) is 0 Å². The average molecular weight is 138 g/mol. The fraction of sp³-hybridized carbons (Fsp3) is 0. The molecule has 0 aromatic heterocycles. The molecule has 2 rings (SSSR count). The first-order chi connectivity index (χ1) is 4.88. The quantitative estimate of drug-likeness (QED) is 0.490. The fourth-order valence-electron chi connectivity index (χ4n) is 0.676. The molecule has 0 saturated heterocycles. The maximum Gasteiger partial charge on any atom is 0.141 e. The Bertz CT molecular complexity index is 258. The van der Waals surface area contributed by atoms with Crippen molar-refractivity contribution in [2.45, 2.75) is 0 Å². The highest BCUT2D eigenvalue weighted by atomic mass is 19.2. The summed E-state index contributed by atoms with van der Waals surface area (Å²) in [5, 5.41) is 0. The summed E-state index contributed by atoms with van der Waals surface area (Å²) in [7, 11) is 0. The molecule has 0 bridgehead atoms. The molecule has 0 unspecified atom stereocenters. The summed E-state index contributed by atoms with van der Waals surface area (Å²) < 4.78 is 20.0. The lowest BCUT2D eigenvalue weighted by molar-refractivity contribution is 0.722. The van der Waals surface area contributed by atoms with Crippen molar-refractivity contribution in [3.63, 3.8) is 0 Å². The molecule has 50 valence electrons. The van der Waals surface area contributed by atoms with E-state index in [4.69, 9.17) is 0 Å². The topological polar surface area (TPSA) is 0 Å². The van der Waals surface area contributed by atoms with E-state index in [1.807, 2.05) is 0 Å². The van der Waals surface area contributed by atoms with Crippen molar-refractivity contribution in [1.82, 2.24) is 0 Å². The van der Waals surface area contributed by atoms with E-state index in [0.29, 0.717) is 12.3 Å². The van der Waals surface area contributed by atoms with Gasteiger partial charge < -0.3 is 0 Å². The molecule has 0 amide bonds. The molecular formula is C8H4F2. The van der Waals surface area contributed by atoms with Crippen LogP contribution < -0.4 is 0 Å². The fourth-order valence-corrected chi connectivity index (χ4v) is 0.676. The van der Waals surface area contributed by atoms with Crippen molar-refractivity contribution >= 4 is 0 Å². The molecule has 0 aliphatic heterocycles. The number of hydrogen-bond acceptors (Lipinski definition) is 0. The van der Waals surface area contributed by atoms with Crippen LogP contribution in [-0.2, 0) is 0 Å². The Morgan fingerprint density at radius 3 is 1.60 bits per heavy atom. The normalized spacial score (nSPS) is 8.20. The lowest BCUT2D eigenvalue weighted by Gasteiger charge is -1.48. The van der Waals surface area contributed by atoms with E-state index in [2.05, 4.69) is 24.3 Å². The van der Waals surface area contributed by atoms with Crippen LogP contribution in [0.2, 0.25) is 0 Å². The highest BCUT2D eigenvalue weighted by Gasteiger charge is 2.06. The van der Waals surface area contributed by atoms with Gasteiger partial charge >= 0.3 is 0 Å². The molecule has 0 heterocycles. The Morgan fingerprint density at radius 2 is 1.50 bits per heavy atom. The molecule has 10 heavy (non-hydrogen) atoms.